The van der Waals surface area contributed by atoms with Gasteiger partial charge < -0.3 is 14.4 Å². The summed E-state index contributed by atoms with van der Waals surface area (Å²) in [6, 6.07) is 2.47. The van der Waals surface area contributed by atoms with Crippen molar-refractivity contribution in [2.75, 3.05) is 16.8 Å². The van der Waals surface area contributed by atoms with E-state index in [2.05, 4.69) is 58.2 Å². The van der Waals surface area contributed by atoms with Gasteiger partial charge in [-0.25, -0.2) is 19.2 Å². The van der Waals surface area contributed by atoms with Gasteiger partial charge >= 0.3 is 6.09 Å². The number of carbonyl (C=O) groups excluding carboxylic acids is 1. The number of hydrogen-bond donors (Lipinski definition) is 1. The lowest BCUT2D eigenvalue weighted by atomic mass is 9.88. The molecule has 0 spiro atoms. The highest BCUT2D eigenvalue weighted by Crippen LogP contribution is 2.46. The summed E-state index contributed by atoms with van der Waals surface area (Å²) in [6.07, 6.45) is 5.26. The Kier molecular flexibility index (Phi) is 9.60. The third-order valence-electron chi connectivity index (χ3n) is 7.90. The number of aromatic nitrogens is 3. The van der Waals surface area contributed by atoms with Crippen LogP contribution < -0.4 is 10.2 Å². The van der Waals surface area contributed by atoms with E-state index in [0.29, 0.717) is 42.3 Å². The summed E-state index contributed by atoms with van der Waals surface area (Å²) >= 11 is 0.993. The van der Waals surface area contributed by atoms with Gasteiger partial charge in [-0.15, -0.1) is 20.6 Å². The normalized spacial score (nSPS) is 17.6. The highest BCUT2D eigenvalue weighted by molar-refractivity contribution is 7.23. The summed E-state index contributed by atoms with van der Waals surface area (Å²) in [5.74, 6) is 0.104. The maximum Gasteiger partial charge on any atom is 0.412 e. The average Bonchev–Trinajstić information content (AvgIpc) is 3.70. The summed E-state index contributed by atoms with van der Waals surface area (Å²) in [7, 11) is 2.92. The molecule has 4 aromatic rings. The minimum absolute atomic E-state index is 0.137. The van der Waals surface area contributed by atoms with E-state index >= 15 is 4.39 Å². The number of ether oxygens (including phenoxy) is 2. The van der Waals surface area contributed by atoms with Crippen LogP contribution in [0.15, 0.2) is 12.4 Å². The third-order valence-corrected chi connectivity index (χ3v) is 9.91. The number of nitrogens with zero attached hydrogens (tertiary/aromatic N) is 5. The minimum atomic E-state index is -0.738. The quantitative estimate of drug-likeness (QED) is 0.220. The van der Waals surface area contributed by atoms with Gasteiger partial charge in [-0.3, -0.25) is 10.3 Å². The lowest BCUT2D eigenvalue weighted by Crippen LogP contribution is -2.31. The molecule has 2 aliphatic heterocycles. The second-order valence-electron chi connectivity index (χ2n) is 12.4. The first kappa shape index (κ1) is 32.9. The molecule has 1 fully saturated rings. The number of fused-ring (bicyclic) bond motifs is 4. The lowest BCUT2D eigenvalue weighted by Gasteiger charge is -2.24. The molecule has 1 amide bonds. The molecule has 0 bridgehead atoms. The maximum absolute atomic E-state index is 15.3. The number of nitrogens with one attached hydrogen (secondary N) is 1. The molecule has 12 heteroatoms. The standard InChI is InChI=1S/C30H32FN6O3PS.C3H8/c1-6-15-22(19-13-39-12-18(19)17-10-34-28(35-24(15)17)37-8-7-21(41)14(37)2)25-23-16(9-32)27(36-29(38)40-30(3,4)5)42-26(23)20(31)11-33-25;1-3-2/h10-11,14,21H,6-8,12-13,41H2,1-5H3,(H,36,38);3H2,1-2H3/t14?,21-;/m0./s1. The number of thiophene rings is 1. The molecular weight excluding hydrogens is 610 g/mol. The van der Waals surface area contributed by atoms with E-state index in [9.17, 15) is 10.1 Å². The Balaban J connectivity index is 0.00000128. The van der Waals surface area contributed by atoms with Crippen LogP contribution in [0.2, 0.25) is 0 Å². The average molecular weight is 651 g/mol. The van der Waals surface area contributed by atoms with Crippen LogP contribution >= 0.6 is 20.6 Å². The number of pyridine rings is 1. The van der Waals surface area contributed by atoms with Gasteiger partial charge in [0.2, 0.25) is 5.95 Å². The molecule has 3 aromatic heterocycles. The van der Waals surface area contributed by atoms with E-state index < -0.39 is 17.5 Å². The molecule has 238 valence electrons. The van der Waals surface area contributed by atoms with Gasteiger partial charge in [0, 0.05) is 35.1 Å². The predicted molar refractivity (Wildman–Crippen MR) is 181 cm³/mol. The molecule has 2 aliphatic rings. The Hall–Kier alpha value is -3.45. The van der Waals surface area contributed by atoms with Crippen molar-refractivity contribution in [2.24, 2.45) is 0 Å². The smallest absolute Gasteiger partial charge is 0.412 e. The van der Waals surface area contributed by atoms with Crippen LogP contribution in [-0.2, 0) is 29.1 Å². The summed E-state index contributed by atoms with van der Waals surface area (Å²) in [6.45, 7) is 15.3. The first-order chi connectivity index (χ1) is 21.4. The van der Waals surface area contributed by atoms with Crippen molar-refractivity contribution in [3.63, 3.8) is 0 Å². The van der Waals surface area contributed by atoms with Crippen LogP contribution in [-0.4, -0.2) is 44.9 Å². The molecule has 5 heterocycles. The van der Waals surface area contributed by atoms with Crippen LogP contribution in [0.4, 0.5) is 20.1 Å². The number of benzene rings is 1. The Labute approximate surface area is 269 Å². The zero-order valence-electron chi connectivity index (χ0n) is 26.9. The van der Waals surface area contributed by atoms with E-state index in [1.807, 2.05) is 6.20 Å². The van der Waals surface area contributed by atoms with E-state index in [-0.39, 0.29) is 21.3 Å². The second kappa shape index (κ2) is 13.1. The summed E-state index contributed by atoms with van der Waals surface area (Å²) in [5, 5.41) is 14.4. The molecule has 1 aromatic carbocycles. The summed E-state index contributed by atoms with van der Waals surface area (Å²) in [4.78, 5) is 29.3. The van der Waals surface area contributed by atoms with Crippen molar-refractivity contribution >= 4 is 58.6 Å². The Morgan fingerprint density at radius 3 is 2.58 bits per heavy atom. The number of halogens is 1. The highest BCUT2D eigenvalue weighted by Gasteiger charge is 2.32. The molecule has 1 N–H and O–H groups in total. The van der Waals surface area contributed by atoms with Gasteiger partial charge in [-0.2, -0.15) is 5.26 Å². The third kappa shape index (κ3) is 6.20. The maximum atomic E-state index is 15.3. The van der Waals surface area contributed by atoms with E-state index in [1.165, 1.54) is 12.6 Å². The predicted octanol–water partition coefficient (Wildman–Crippen LogP) is 8.12. The number of anilines is 2. The molecule has 3 atom stereocenters. The van der Waals surface area contributed by atoms with Crippen LogP contribution in [0.3, 0.4) is 0 Å². The van der Waals surface area contributed by atoms with Gasteiger partial charge in [0.1, 0.15) is 16.7 Å². The largest absolute Gasteiger partial charge is 0.444 e. The van der Waals surface area contributed by atoms with Gasteiger partial charge in [0.15, 0.2) is 5.82 Å². The van der Waals surface area contributed by atoms with Crippen molar-refractivity contribution in [3.05, 3.63) is 40.5 Å². The number of carbonyl (C=O) groups is 1. The molecule has 45 heavy (non-hydrogen) atoms. The number of amides is 1. The Bertz CT molecular complexity index is 1820. The molecular formula is C33H40FN6O3PS. The number of nitriles is 1. The van der Waals surface area contributed by atoms with E-state index in [4.69, 9.17) is 19.4 Å². The van der Waals surface area contributed by atoms with Crippen molar-refractivity contribution in [3.8, 4) is 17.3 Å². The summed E-state index contributed by atoms with van der Waals surface area (Å²) < 4.78 is 26.8. The Morgan fingerprint density at radius 2 is 1.96 bits per heavy atom. The van der Waals surface area contributed by atoms with Crippen molar-refractivity contribution in [2.45, 2.75) is 98.2 Å². The van der Waals surface area contributed by atoms with E-state index in [0.717, 1.165) is 57.5 Å². The number of hydrogen-bond acceptors (Lipinski definition) is 9. The molecule has 6 rings (SSSR count). The topological polar surface area (TPSA) is 113 Å². The Morgan fingerprint density at radius 1 is 1.24 bits per heavy atom. The fourth-order valence-electron chi connectivity index (χ4n) is 5.88. The molecule has 0 radical (unpaired) electrons. The zero-order valence-corrected chi connectivity index (χ0v) is 28.8. The minimum Gasteiger partial charge on any atom is -0.444 e. The molecule has 1 saturated heterocycles. The monoisotopic (exact) mass is 650 g/mol. The van der Waals surface area contributed by atoms with Gasteiger partial charge in [-0.05, 0) is 62.9 Å². The van der Waals surface area contributed by atoms with E-state index in [1.54, 1.807) is 20.8 Å². The summed E-state index contributed by atoms with van der Waals surface area (Å²) in [5.41, 5.74) is 4.78. The van der Waals surface area contributed by atoms with Crippen LogP contribution in [0, 0.1) is 17.1 Å². The molecule has 0 aliphatic carbocycles. The first-order valence-electron chi connectivity index (χ1n) is 15.4. The van der Waals surface area contributed by atoms with Crippen LogP contribution in [0.5, 0.6) is 0 Å². The number of aryl methyl sites for hydroxylation is 1. The fourth-order valence-corrected chi connectivity index (χ4v) is 7.28. The van der Waals surface area contributed by atoms with Crippen LogP contribution in [0.1, 0.15) is 83.6 Å². The lowest BCUT2D eigenvalue weighted by molar-refractivity contribution is 0.0636. The molecule has 9 nitrogen and oxygen atoms in total. The zero-order chi connectivity index (χ0) is 32.6. The van der Waals surface area contributed by atoms with Crippen molar-refractivity contribution < 1.29 is 18.7 Å². The van der Waals surface area contributed by atoms with Gasteiger partial charge in [0.05, 0.1) is 40.9 Å². The van der Waals surface area contributed by atoms with Crippen molar-refractivity contribution in [1.29, 1.82) is 5.26 Å². The first-order valence-corrected chi connectivity index (χ1v) is 16.9. The SMILES string of the molecule is CCC.CCc1c(-c2ncc(F)c3sc(NC(=O)OC(C)(C)C)c(C#N)c23)c2c(c3cnc(N4CC[C@H](P)C4C)nc13)COC2. The van der Waals surface area contributed by atoms with Gasteiger partial charge in [-0.1, -0.05) is 27.2 Å². The molecule has 2 unspecified atom stereocenters. The molecule has 0 saturated carbocycles. The highest BCUT2D eigenvalue weighted by atomic mass is 32.1. The second-order valence-corrected chi connectivity index (χ2v) is 14.3. The van der Waals surface area contributed by atoms with Gasteiger partial charge in [0.25, 0.3) is 0 Å². The van der Waals surface area contributed by atoms with Crippen LogP contribution in [0.25, 0.3) is 32.2 Å². The fraction of sp³-hybridized carbons (Fsp3) is 0.485. The number of rotatable bonds is 4. The van der Waals surface area contributed by atoms with Crippen molar-refractivity contribution in [1.82, 2.24) is 15.0 Å².